The van der Waals surface area contributed by atoms with E-state index in [1.807, 2.05) is 6.92 Å². The maximum absolute atomic E-state index is 12.0. The van der Waals surface area contributed by atoms with E-state index in [4.69, 9.17) is 11.6 Å². The number of halogens is 1. The van der Waals surface area contributed by atoms with E-state index in [0.29, 0.717) is 23.6 Å². The number of hydrogen-bond donors (Lipinski definition) is 2. The molecule has 2 aromatic rings. The Bertz CT molecular complexity index is 771. The summed E-state index contributed by atoms with van der Waals surface area (Å²) in [6.07, 6.45) is 0.714. The zero-order chi connectivity index (χ0) is 16.8. The van der Waals surface area contributed by atoms with Crippen molar-refractivity contribution in [2.24, 2.45) is 0 Å². The molecule has 0 bridgehead atoms. The van der Waals surface area contributed by atoms with Gasteiger partial charge in [0.15, 0.2) is 5.69 Å². The number of benzene rings is 1. The topological polar surface area (TPSA) is 93.1 Å². The number of hydrogen-bond acceptors (Lipinski definition) is 4. The predicted molar refractivity (Wildman–Crippen MR) is 85.2 cm³/mol. The van der Waals surface area contributed by atoms with E-state index >= 15 is 0 Å². The molecule has 0 unspecified atom stereocenters. The van der Waals surface area contributed by atoms with Gasteiger partial charge < -0.3 is 0 Å². The lowest BCUT2D eigenvalue weighted by Gasteiger charge is -2.08. The Morgan fingerprint density at radius 3 is 2.39 bits per heavy atom. The average Bonchev–Trinajstić information content (AvgIpc) is 2.55. The quantitative estimate of drug-likeness (QED) is 0.826. The smallest absolute Gasteiger partial charge is 0.268 e. The molecule has 0 fully saturated rings. The lowest BCUT2D eigenvalue weighted by Crippen LogP contribution is -2.42. The van der Waals surface area contributed by atoms with Crippen LogP contribution in [0.2, 0.25) is 5.02 Å². The first-order chi connectivity index (χ1) is 11.0. The second-order valence-electron chi connectivity index (χ2n) is 4.70. The fourth-order valence-corrected chi connectivity index (χ4v) is 1.92. The molecular weight excluding hydrogens is 320 g/mol. The van der Waals surface area contributed by atoms with E-state index < -0.39 is 11.8 Å². The molecule has 120 valence electrons. The van der Waals surface area contributed by atoms with Crippen LogP contribution < -0.4 is 16.4 Å². The molecule has 23 heavy (non-hydrogen) atoms. The summed E-state index contributed by atoms with van der Waals surface area (Å²) >= 11 is 5.74. The fraction of sp³-hybridized carbons (Fsp3) is 0.200. The van der Waals surface area contributed by atoms with E-state index in [0.717, 1.165) is 0 Å². The number of carbonyl (C=O) groups excluding carboxylic acids is 2. The van der Waals surface area contributed by atoms with Crippen molar-refractivity contribution in [3.8, 4) is 0 Å². The zero-order valence-corrected chi connectivity index (χ0v) is 13.1. The minimum atomic E-state index is -0.614. The molecule has 7 nitrogen and oxygen atoms in total. The van der Waals surface area contributed by atoms with Crippen LogP contribution in [-0.4, -0.2) is 21.6 Å². The van der Waals surface area contributed by atoms with Gasteiger partial charge in [-0.15, -0.1) is 0 Å². The summed E-state index contributed by atoms with van der Waals surface area (Å²) in [5.74, 6) is -1.10. The third-order valence-corrected chi connectivity index (χ3v) is 3.18. The molecule has 2 rings (SSSR count). The van der Waals surface area contributed by atoms with Crippen LogP contribution in [0.4, 0.5) is 0 Å². The van der Waals surface area contributed by atoms with Crippen LogP contribution in [0.1, 0.15) is 34.2 Å². The van der Waals surface area contributed by atoms with Crippen molar-refractivity contribution < 1.29 is 9.59 Å². The van der Waals surface area contributed by atoms with Gasteiger partial charge in [-0.3, -0.25) is 25.2 Å². The summed E-state index contributed by atoms with van der Waals surface area (Å²) in [6, 6.07) is 8.77. The summed E-state index contributed by atoms with van der Waals surface area (Å²) in [5, 5.41) is 4.45. The summed E-state index contributed by atoms with van der Waals surface area (Å²) in [5.41, 5.74) is 4.62. The first-order valence-corrected chi connectivity index (χ1v) is 7.33. The third kappa shape index (κ3) is 4.40. The van der Waals surface area contributed by atoms with Crippen molar-refractivity contribution in [1.82, 2.24) is 20.6 Å². The van der Waals surface area contributed by atoms with Crippen LogP contribution in [0.3, 0.4) is 0 Å². The second kappa shape index (κ2) is 7.55. The number of rotatable bonds is 4. The molecule has 2 N–H and O–H groups in total. The van der Waals surface area contributed by atoms with Crippen LogP contribution in [0.25, 0.3) is 0 Å². The summed E-state index contributed by atoms with van der Waals surface area (Å²) in [6.45, 7) is 2.31. The highest BCUT2D eigenvalue weighted by molar-refractivity contribution is 6.30. The molecule has 8 heteroatoms. The highest BCUT2D eigenvalue weighted by atomic mass is 35.5. The van der Waals surface area contributed by atoms with Crippen LogP contribution in [0.15, 0.2) is 41.2 Å². The van der Waals surface area contributed by atoms with Crippen molar-refractivity contribution in [2.45, 2.75) is 19.9 Å². The minimum Gasteiger partial charge on any atom is -0.268 e. The van der Waals surface area contributed by atoms with Crippen molar-refractivity contribution in [3.05, 3.63) is 63.0 Å². The van der Waals surface area contributed by atoms with Gasteiger partial charge in [0.2, 0.25) is 0 Å². The number of hydrazine groups is 1. The lowest BCUT2D eigenvalue weighted by molar-refractivity contribution is 0.0842. The fourth-order valence-electron chi connectivity index (χ4n) is 1.79. The van der Waals surface area contributed by atoms with E-state index in [1.165, 1.54) is 28.9 Å². The van der Waals surface area contributed by atoms with Crippen LogP contribution >= 0.6 is 11.6 Å². The highest BCUT2D eigenvalue weighted by Crippen LogP contribution is 2.08. The van der Waals surface area contributed by atoms with Crippen molar-refractivity contribution in [1.29, 1.82) is 0 Å². The molecule has 0 aliphatic rings. The molecule has 0 aliphatic carbocycles. The van der Waals surface area contributed by atoms with Crippen LogP contribution in [0.5, 0.6) is 0 Å². The maximum atomic E-state index is 12.0. The molecule has 0 spiro atoms. The Hall–Kier alpha value is -2.67. The largest absolute Gasteiger partial charge is 0.290 e. The second-order valence-corrected chi connectivity index (χ2v) is 5.13. The number of aromatic nitrogens is 2. The Morgan fingerprint density at radius 2 is 1.74 bits per heavy atom. The molecule has 0 atom stereocenters. The molecular formula is C15H15ClN4O3. The Labute approximate surface area is 137 Å². The van der Waals surface area contributed by atoms with Gasteiger partial charge in [-0.25, -0.2) is 4.68 Å². The highest BCUT2D eigenvalue weighted by Gasteiger charge is 2.11. The standard InChI is InChI=1S/C15H15ClN4O3/c1-2-9-20-13(21)8-7-12(19-20)15(23)18-17-14(22)10-3-5-11(16)6-4-10/h3-8H,2,9H2,1H3,(H,17,22)(H,18,23). The van der Waals surface area contributed by atoms with Crippen LogP contribution in [0, 0.1) is 0 Å². The third-order valence-electron chi connectivity index (χ3n) is 2.93. The van der Waals surface area contributed by atoms with Gasteiger partial charge in [-0.05, 0) is 36.8 Å². The van der Waals surface area contributed by atoms with Gasteiger partial charge >= 0.3 is 0 Å². The summed E-state index contributed by atoms with van der Waals surface area (Å²) in [4.78, 5) is 35.4. The Morgan fingerprint density at radius 1 is 1.09 bits per heavy atom. The van der Waals surface area contributed by atoms with E-state index in [1.54, 1.807) is 12.1 Å². The van der Waals surface area contributed by atoms with Gasteiger partial charge in [-0.2, -0.15) is 5.10 Å². The van der Waals surface area contributed by atoms with Gasteiger partial charge in [-0.1, -0.05) is 18.5 Å². The molecule has 0 saturated heterocycles. The first-order valence-electron chi connectivity index (χ1n) is 6.95. The number of nitrogens with one attached hydrogen (secondary N) is 2. The first kappa shape index (κ1) is 16.7. The van der Waals surface area contributed by atoms with Crippen molar-refractivity contribution >= 4 is 23.4 Å². The molecule has 0 radical (unpaired) electrons. The zero-order valence-electron chi connectivity index (χ0n) is 12.4. The molecule has 1 aromatic carbocycles. The monoisotopic (exact) mass is 334 g/mol. The van der Waals surface area contributed by atoms with Gasteiger partial charge in [0, 0.05) is 23.2 Å². The molecule has 0 saturated carbocycles. The molecule has 1 aromatic heterocycles. The molecule has 1 heterocycles. The SMILES string of the molecule is CCCn1nc(C(=O)NNC(=O)c2ccc(Cl)cc2)ccc1=O. The van der Waals surface area contributed by atoms with Crippen LogP contribution in [-0.2, 0) is 6.54 Å². The maximum Gasteiger partial charge on any atom is 0.290 e. The van der Waals surface area contributed by atoms with Gasteiger partial charge in [0.1, 0.15) is 0 Å². The minimum absolute atomic E-state index is 0.0365. The molecule has 2 amide bonds. The van der Waals surface area contributed by atoms with Crippen molar-refractivity contribution in [2.75, 3.05) is 0 Å². The number of aryl methyl sites for hydroxylation is 1. The Kier molecular flexibility index (Phi) is 5.48. The number of carbonyl (C=O) groups is 2. The molecule has 0 aliphatic heterocycles. The van der Waals surface area contributed by atoms with E-state index in [2.05, 4.69) is 16.0 Å². The Balaban J connectivity index is 2.02. The van der Waals surface area contributed by atoms with Crippen molar-refractivity contribution in [3.63, 3.8) is 0 Å². The summed E-state index contributed by atoms with van der Waals surface area (Å²) in [7, 11) is 0. The number of amides is 2. The average molecular weight is 335 g/mol. The number of nitrogens with zero attached hydrogens (tertiary/aromatic N) is 2. The predicted octanol–water partition coefficient (Wildman–Crippen LogP) is 1.38. The summed E-state index contributed by atoms with van der Waals surface area (Å²) < 4.78 is 1.20. The lowest BCUT2D eigenvalue weighted by atomic mass is 10.2. The van der Waals surface area contributed by atoms with E-state index in [-0.39, 0.29) is 11.3 Å². The van der Waals surface area contributed by atoms with Gasteiger partial charge in [0.05, 0.1) is 0 Å². The van der Waals surface area contributed by atoms with E-state index in [9.17, 15) is 14.4 Å². The normalized spacial score (nSPS) is 10.2. The van der Waals surface area contributed by atoms with Gasteiger partial charge in [0.25, 0.3) is 17.4 Å².